The van der Waals surface area contributed by atoms with Crippen molar-refractivity contribution in [1.29, 1.82) is 0 Å². The fourth-order valence-corrected chi connectivity index (χ4v) is 2.57. The molecule has 0 unspecified atom stereocenters. The summed E-state index contributed by atoms with van der Waals surface area (Å²) >= 11 is 0. The van der Waals surface area contributed by atoms with Gasteiger partial charge in [0.25, 0.3) is 5.91 Å². The Morgan fingerprint density at radius 1 is 1.35 bits per heavy atom. The summed E-state index contributed by atoms with van der Waals surface area (Å²) in [5.74, 6) is 1.22. The van der Waals surface area contributed by atoms with Crippen molar-refractivity contribution >= 4 is 11.6 Å². The van der Waals surface area contributed by atoms with Crippen LogP contribution in [0.4, 0.5) is 5.69 Å². The monoisotopic (exact) mass is 278 g/mol. The molecule has 0 spiro atoms. The fraction of sp³-hybridized carbons (Fsp3) is 0.533. The van der Waals surface area contributed by atoms with E-state index in [1.54, 1.807) is 32.4 Å². The van der Waals surface area contributed by atoms with Crippen LogP contribution in [-0.4, -0.2) is 44.7 Å². The molecule has 0 bridgehead atoms. The number of piperidine rings is 1. The lowest BCUT2D eigenvalue weighted by atomic mass is 9.97. The van der Waals surface area contributed by atoms with Crippen LogP contribution in [0.3, 0.4) is 0 Å². The molecule has 0 radical (unpaired) electrons. The van der Waals surface area contributed by atoms with E-state index in [4.69, 9.17) is 15.2 Å². The summed E-state index contributed by atoms with van der Waals surface area (Å²) in [7, 11) is 3.30. The number of hydrogen-bond acceptors (Lipinski definition) is 4. The Labute approximate surface area is 119 Å². The lowest BCUT2D eigenvalue weighted by Gasteiger charge is -2.32. The highest BCUT2D eigenvalue weighted by molar-refractivity contribution is 5.99. The minimum atomic E-state index is 0.000944. The molecule has 0 atom stereocenters. The Morgan fingerprint density at radius 3 is 2.60 bits per heavy atom. The highest BCUT2D eigenvalue weighted by Crippen LogP contribution is 2.24. The van der Waals surface area contributed by atoms with Crippen molar-refractivity contribution in [3.63, 3.8) is 0 Å². The van der Waals surface area contributed by atoms with E-state index in [0.717, 1.165) is 32.5 Å². The maximum atomic E-state index is 12.5. The van der Waals surface area contributed by atoms with Gasteiger partial charge in [-0.25, -0.2) is 0 Å². The van der Waals surface area contributed by atoms with E-state index in [-0.39, 0.29) is 5.91 Å². The van der Waals surface area contributed by atoms with Crippen LogP contribution in [0.2, 0.25) is 0 Å². The summed E-state index contributed by atoms with van der Waals surface area (Å²) in [6.07, 6.45) is 1.96. The number of nitrogen functional groups attached to an aromatic ring is 1. The normalized spacial score (nSPS) is 16.2. The molecule has 0 aromatic heterocycles. The van der Waals surface area contributed by atoms with E-state index in [1.807, 2.05) is 4.90 Å². The second-order valence-corrected chi connectivity index (χ2v) is 5.14. The molecule has 1 saturated heterocycles. The Kier molecular flexibility index (Phi) is 4.84. The van der Waals surface area contributed by atoms with Crippen LogP contribution in [0.25, 0.3) is 0 Å². The number of anilines is 1. The zero-order chi connectivity index (χ0) is 14.5. The van der Waals surface area contributed by atoms with E-state index < -0.39 is 0 Å². The highest BCUT2D eigenvalue weighted by Gasteiger charge is 2.24. The maximum Gasteiger partial charge on any atom is 0.255 e. The van der Waals surface area contributed by atoms with Gasteiger partial charge in [-0.15, -0.1) is 0 Å². The largest absolute Gasteiger partial charge is 0.497 e. The minimum Gasteiger partial charge on any atom is -0.497 e. The predicted molar refractivity (Wildman–Crippen MR) is 77.9 cm³/mol. The Morgan fingerprint density at radius 2 is 2.05 bits per heavy atom. The Balaban J connectivity index is 2.02. The first-order valence-corrected chi connectivity index (χ1v) is 6.87. The van der Waals surface area contributed by atoms with Gasteiger partial charge in [-0.1, -0.05) is 0 Å². The molecule has 1 fully saturated rings. The highest BCUT2D eigenvalue weighted by atomic mass is 16.5. The molecule has 2 rings (SSSR count). The number of benzene rings is 1. The quantitative estimate of drug-likeness (QED) is 0.853. The molecule has 110 valence electrons. The van der Waals surface area contributed by atoms with Gasteiger partial charge >= 0.3 is 0 Å². The molecule has 1 aliphatic heterocycles. The number of likely N-dealkylation sites (tertiary alicyclic amines) is 1. The van der Waals surface area contributed by atoms with Crippen LogP contribution in [0.5, 0.6) is 5.75 Å². The summed E-state index contributed by atoms with van der Waals surface area (Å²) in [5.41, 5.74) is 6.95. The second kappa shape index (κ2) is 6.61. The topological polar surface area (TPSA) is 64.8 Å². The summed E-state index contributed by atoms with van der Waals surface area (Å²) in [6.45, 7) is 2.30. The number of carbonyl (C=O) groups is 1. The van der Waals surface area contributed by atoms with Crippen LogP contribution < -0.4 is 10.5 Å². The van der Waals surface area contributed by atoms with E-state index in [9.17, 15) is 4.79 Å². The standard InChI is InChI=1S/C15H22N2O3/c1-19-10-11-5-7-17(8-6-11)15(18)13-4-3-12(20-2)9-14(13)16/h3-4,9,11H,5-8,10,16H2,1-2H3. The number of amides is 1. The molecule has 0 saturated carbocycles. The zero-order valence-corrected chi connectivity index (χ0v) is 12.1. The van der Waals surface area contributed by atoms with Crippen molar-refractivity contribution < 1.29 is 14.3 Å². The molecule has 1 aliphatic rings. The van der Waals surface area contributed by atoms with E-state index in [1.165, 1.54) is 0 Å². The fourth-order valence-electron chi connectivity index (χ4n) is 2.57. The lowest BCUT2D eigenvalue weighted by Crippen LogP contribution is -2.39. The first-order valence-electron chi connectivity index (χ1n) is 6.87. The van der Waals surface area contributed by atoms with Crippen LogP contribution >= 0.6 is 0 Å². The molecule has 1 aromatic carbocycles. The third-order valence-electron chi connectivity index (χ3n) is 3.79. The average Bonchev–Trinajstić information content (AvgIpc) is 2.47. The van der Waals surface area contributed by atoms with Gasteiger partial charge in [0.1, 0.15) is 5.75 Å². The van der Waals surface area contributed by atoms with Gasteiger partial charge in [0.2, 0.25) is 0 Å². The molecular weight excluding hydrogens is 256 g/mol. The zero-order valence-electron chi connectivity index (χ0n) is 12.1. The summed E-state index contributed by atoms with van der Waals surface area (Å²) in [6, 6.07) is 5.18. The molecule has 20 heavy (non-hydrogen) atoms. The average molecular weight is 278 g/mol. The van der Waals surface area contributed by atoms with Gasteiger partial charge < -0.3 is 20.1 Å². The summed E-state index contributed by atoms with van der Waals surface area (Å²) in [5, 5.41) is 0. The van der Waals surface area contributed by atoms with E-state index in [0.29, 0.717) is 22.9 Å². The Bertz CT molecular complexity index is 468. The third kappa shape index (κ3) is 3.22. The van der Waals surface area contributed by atoms with Crippen LogP contribution in [0, 0.1) is 5.92 Å². The molecular formula is C15H22N2O3. The van der Waals surface area contributed by atoms with Gasteiger partial charge in [-0.3, -0.25) is 4.79 Å². The van der Waals surface area contributed by atoms with E-state index in [2.05, 4.69) is 0 Å². The van der Waals surface area contributed by atoms with Gasteiger partial charge in [0.15, 0.2) is 0 Å². The predicted octanol–water partition coefficient (Wildman–Crippen LogP) is 1.78. The lowest BCUT2D eigenvalue weighted by molar-refractivity contribution is 0.0614. The molecule has 1 heterocycles. The van der Waals surface area contributed by atoms with Crippen molar-refractivity contribution in [1.82, 2.24) is 4.90 Å². The number of rotatable bonds is 4. The number of methoxy groups -OCH3 is 2. The van der Waals surface area contributed by atoms with Crippen molar-refractivity contribution in [2.45, 2.75) is 12.8 Å². The first kappa shape index (κ1) is 14.7. The maximum absolute atomic E-state index is 12.5. The molecule has 5 nitrogen and oxygen atoms in total. The minimum absolute atomic E-state index is 0.000944. The summed E-state index contributed by atoms with van der Waals surface area (Å²) < 4.78 is 10.3. The van der Waals surface area contributed by atoms with Crippen LogP contribution in [0.1, 0.15) is 23.2 Å². The second-order valence-electron chi connectivity index (χ2n) is 5.14. The number of hydrogen-bond donors (Lipinski definition) is 1. The number of ether oxygens (including phenoxy) is 2. The van der Waals surface area contributed by atoms with E-state index >= 15 is 0 Å². The molecule has 1 aromatic rings. The molecule has 1 amide bonds. The van der Waals surface area contributed by atoms with Crippen molar-refractivity contribution in [3.05, 3.63) is 23.8 Å². The van der Waals surface area contributed by atoms with Crippen molar-refractivity contribution in [2.75, 3.05) is 39.6 Å². The first-order chi connectivity index (χ1) is 9.65. The SMILES string of the molecule is COCC1CCN(C(=O)c2ccc(OC)cc2N)CC1. The Hall–Kier alpha value is -1.75. The van der Waals surface area contributed by atoms with Gasteiger partial charge in [-0.2, -0.15) is 0 Å². The van der Waals surface area contributed by atoms with Gasteiger partial charge in [-0.05, 0) is 30.9 Å². The number of nitrogens with zero attached hydrogens (tertiary/aromatic N) is 1. The third-order valence-corrected chi connectivity index (χ3v) is 3.79. The van der Waals surface area contributed by atoms with Crippen LogP contribution in [-0.2, 0) is 4.74 Å². The molecule has 5 heteroatoms. The molecule has 0 aliphatic carbocycles. The molecule has 2 N–H and O–H groups in total. The van der Waals surface area contributed by atoms with Gasteiger partial charge in [0, 0.05) is 38.6 Å². The van der Waals surface area contributed by atoms with Gasteiger partial charge in [0.05, 0.1) is 12.7 Å². The van der Waals surface area contributed by atoms with Crippen molar-refractivity contribution in [2.24, 2.45) is 5.92 Å². The van der Waals surface area contributed by atoms with Crippen LogP contribution in [0.15, 0.2) is 18.2 Å². The van der Waals surface area contributed by atoms with Crippen molar-refractivity contribution in [3.8, 4) is 5.75 Å². The number of carbonyl (C=O) groups excluding carboxylic acids is 1. The summed E-state index contributed by atoms with van der Waals surface area (Å²) in [4.78, 5) is 14.3. The number of nitrogens with two attached hydrogens (primary N) is 1. The smallest absolute Gasteiger partial charge is 0.255 e.